The molecule has 178 valence electrons. The molecular formula is C23H31N5O4S. The van der Waals surface area contributed by atoms with Crippen molar-refractivity contribution in [3.63, 3.8) is 0 Å². The van der Waals surface area contributed by atoms with Crippen molar-refractivity contribution in [3.05, 3.63) is 41.7 Å². The molecular weight excluding hydrogens is 442 g/mol. The number of aromatic nitrogens is 2. The van der Waals surface area contributed by atoms with Gasteiger partial charge in [0.1, 0.15) is 11.4 Å². The summed E-state index contributed by atoms with van der Waals surface area (Å²) < 4.78 is 30.0. The average Bonchev–Trinajstić information content (AvgIpc) is 3.43. The molecule has 0 saturated carbocycles. The smallest absolute Gasteiger partial charge is 0.246 e. The molecule has 1 aromatic carbocycles. The number of carbonyl (C=O) groups is 2. The number of amides is 2. The summed E-state index contributed by atoms with van der Waals surface area (Å²) in [7, 11) is -3.85. The van der Waals surface area contributed by atoms with E-state index in [9.17, 15) is 18.0 Å². The number of hydrogen-bond acceptors (Lipinski definition) is 5. The minimum absolute atomic E-state index is 0.0320. The zero-order valence-corrected chi connectivity index (χ0v) is 20.0. The topological polar surface area (TPSA) is 105 Å². The predicted octanol–water partition coefficient (Wildman–Crippen LogP) is 2.16. The molecule has 10 heteroatoms. The van der Waals surface area contributed by atoms with E-state index in [1.54, 1.807) is 30.9 Å². The molecule has 2 aliphatic heterocycles. The molecule has 1 N–H and O–H groups in total. The highest BCUT2D eigenvalue weighted by atomic mass is 32.2. The van der Waals surface area contributed by atoms with Crippen LogP contribution < -0.4 is 5.32 Å². The number of rotatable bonds is 6. The molecule has 2 aliphatic rings. The highest BCUT2D eigenvalue weighted by Gasteiger charge is 2.36. The van der Waals surface area contributed by atoms with Crippen LogP contribution in [-0.4, -0.2) is 65.4 Å². The number of sulfonamides is 1. The summed E-state index contributed by atoms with van der Waals surface area (Å²) in [5.41, 5.74) is 1.52. The Labute approximate surface area is 194 Å². The van der Waals surface area contributed by atoms with Crippen LogP contribution in [0.4, 0.5) is 5.69 Å². The lowest BCUT2D eigenvalue weighted by atomic mass is 9.99. The molecule has 0 aliphatic carbocycles. The van der Waals surface area contributed by atoms with Crippen LogP contribution >= 0.6 is 0 Å². The van der Waals surface area contributed by atoms with Gasteiger partial charge in [0.25, 0.3) is 0 Å². The Morgan fingerprint density at radius 1 is 1.06 bits per heavy atom. The van der Waals surface area contributed by atoms with E-state index in [1.165, 1.54) is 8.99 Å². The summed E-state index contributed by atoms with van der Waals surface area (Å²) in [6, 6.07) is 9.16. The van der Waals surface area contributed by atoms with Gasteiger partial charge in [-0.05, 0) is 51.7 Å². The van der Waals surface area contributed by atoms with Gasteiger partial charge in [0, 0.05) is 31.9 Å². The Morgan fingerprint density at radius 2 is 1.76 bits per heavy atom. The highest BCUT2D eigenvalue weighted by molar-refractivity contribution is 7.89. The number of likely N-dealkylation sites (tertiary alicyclic amines) is 1. The number of para-hydroxylation sites is 1. The fourth-order valence-corrected chi connectivity index (χ4v) is 6.57. The van der Waals surface area contributed by atoms with E-state index < -0.39 is 15.9 Å². The van der Waals surface area contributed by atoms with Gasteiger partial charge in [0.05, 0.1) is 17.3 Å². The SMILES string of the molecule is Cc1nn(CC(=O)N2CCCC2)c(C)c1S(=O)(=O)N1CCC[C@H](C(=O)Nc2ccccc2)C1. The van der Waals surface area contributed by atoms with E-state index in [0.29, 0.717) is 36.5 Å². The maximum atomic E-state index is 13.6. The van der Waals surface area contributed by atoms with Crippen molar-refractivity contribution < 1.29 is 18.0 Å². The summed E-state index contributed by atoms with van der Waals surface area (Å²) in [4.78, 5) is 27.3. The van der Waals surface area contributed by atoms with Crippen LogP contribution in [0.1, 0.15) is 37.1 Å². The van der Waals surface area contributed by atoms with Gasteiger partial charge in [-0.25, -0.2) is 8.42 Å². The molecule has 1 atom stereocenters. The number of hydrogen-bond donors (Lipinski definition) is 1. The van der Waals surface area contributed by atoms with Crippen LogP contribution in [0.15, 0.2) is 35.2 Å². The van der Waals surface area contributed by atoms with Crippen molar-refractivity contribution in [2.24, 2.45) is 5.92 Å². The molecule has 1 aromatic heterocycles. The summed E-state index contributed by atoms with van der Waals surface area (Å²) in [5.74, 6) is -0.653. The standard InChI is InChI=1S/C23H31N5O4S/c1-17-22(18(2)28(25-17)16-21(29)26-12-6-7-13-26)33(31,32)27-14-8-9-19(15-27)23(30)24-20-10-4-3-5-11-20/h3-5,10-11,19H,6-9,12-16H2,1-2H3,(H,24,30)/t19-/m0/s1. The van der Waals surface area contributed by atoms with Crippen molar-refractivity contribution in [3.8, 4) is 0 Å². The van der Waals surface area contributed by atoms with Crippen molar-refractivity contribution in [1.29, 1.82) is 0 Å². The number of carbonyl (C=O) groups excluding carboxylic acids is 2. The van der Waals surface area contributed by atoms with Crippen LogP contribution in [0.2, 0.25) is 0 Å². The second-order valence-electron chi connectivity index (χ2n) is 8.80. The lowest BCUT2D eigenvalue weighted by Gasteiger charge is -2.31. The van der Waals surface area contributed by atoms with Crippen molar-refractivity contribution >= 4 is 27.5 Å². The molecule has 0 bridgehead atoms. The zero-order valence-electron chi connectivity index (χ0n) is 19.2. The van der Waals surface area contributed by atoms with Gasteiger partial charge in [-0.1, -0.05) is 18.2 Å². The third-order valence-electron chi connectivity index (χ3n) is 6.45. The highest BCUT2D eigenvalue weighted by Crippen LogP contribution is 2.28. The first kappa shape index (κ1) is 23.4. The molecule has 0 spiro atoms. The molecule has 3 heterocycles. The van der Waals surface area contributed by atoms with Gasteiger partial charge in [-0.3, -0.25) is 14.3 Å². The van der Waals surface area contributed by atoms with Crippen LogP contribution in [-0.2, 0) is 26.2 Å². The average molecular weight is 474 g/mol. The minimum Gasteiger partial charge on any atom is -0.341 e. The lowest BCUT2D eigenvalue weighted by Crippen LogP contribution is -2.44. The van der Waals surface area contributed by atoms with Crippen LogP contribution in [0, 0.1) is 19.8 Å². The summed E-state index contributed by atoms with van der Waals surface area (Å²) in [6.45, 7) is 5.33. The van der Waals surface area contributed by atoms with Gasteiger partial charge < -0.3 is 10.2 Å². The largest absolute Gasteiger partial charge is 0.341 e. The molecule has 2 aromatic rings. The molecule has 4 rings (SSSR count). The number of piperidine rings is 1. The molecule has 2 amide bonds. The van der Waals surface area contributed by atoms with Gasteiger partial charge in [-0.15, -0.1) is 0 Å². The summed E-state index contributed by atoms with van der Waals surface area (Å²) in [6.07, 6.45) is 3.23. The number of anilines is 1. The number of nitrogens with zero attached hydrogens (tertiary/aromatic N) is 4. The Balaban J connectivity index is 1.49. The fourth-order valence-electron chi connectivity index (χ4n) is 4.67. The third-order valence-corrected chi connectivity index (χ3v) is 8.57. The Hall–Kier alpha value is -2.72. The van der Waals surface area contributed by atoms with E-state index in [-0.39, 0.29) is 29.8 Å². The molecule has 0 radical (unpaired) electrons. The third kappa shape index (κ3) is 4.96. The Kier molecular flexibility index (Phi) is 6.85. The van der Waals surface area contributed by atoms with Crippen molar-refractivity contribution in [2.45, 2.75) is 51.0 Å². The first-order valence-corrected chi connectivity index (χ1v) is 12.9. The van der Waals surface area contributed by atoms with E-state index in [0.717, 1.165) is 25.9 Å². The van der Waals surface area contributed by atoms with Crippen molar-refractivity contribution in [2.75, 3.05) is 31.5 Å². The Morgan fingerprint density at radius 3 is 2.45 bits per heavy atom. The monoisotopic (exact) mass is 473 g/mol. The predicted molar refractivity (Wildman–Crippen MR) is 124 cm³/mol. The van der Waals surface area contributed by atoms with Crippen molar-refractivity contribution in [1.82, 2.24) is 19.0 Å². The number of benzene rings is 1. The maximum Gasteiger partial charge on any atom is 0.246 e. The molecule has 0 unspecified atom stereocenters. The molecule has 33 heavy (non-hydrogen) atoms. The van der Waals surface area contributed by atoms with Gasteiger partial charge >= 0.3 is 0 Å². The van der Waals surface area contributed by atoms with E-state index in [1.807, 2.05) is 18.2 Å². The fraction of sp³-hybridized carbons (Fsp3) is 0.522. The quantitative estimate of drug-likeness (QED) is 0.692. The van der Waals surface area contributed by atoms with E-state index in [4.69, 9.17) is 0 Å². The second kappa shape index (κ2) is 9.64. The first-order valence-electron chi connectivity index (χ1n) is 11.4. The van der Waals surface area contributed by atoms with E-state index in [2.05, 4.69) is 10.4 Å². The first-order chi connectivity index (χ1) is 15.8. The minimum atomic E-state index is -3.85. The Bertz CT molecular complexity index is 1120. The molecule has 2 saturated heterocycles. The van der Waals surface area contributed by atoms with Gasteiger partial charge in [-0.2, -0.15) is 9.40 Å². The number of nitrogens with one attached hydrogen (secondary N) is 1. The van der Waals surface area contributed by atoms with Gasteiger partial charge in [0.2, 0.25) is 21.8 Å². The number of aryl methyl sites for hydroxylation is 1. The maximum absolute atomic E-state index is 13.6. The summed E-state index contributed by atoms with van der Waals surface area (Å²) in [5, 5.41) is 7.26. The summed E-state index contributed by atoms with van der Waals surface area (Å²) >= 11 is 0. The molecule has 2 fully saturated rings. The zero-order chi connectivity index (χ0) is 23.6. The lowest BCUT2D eigenvalue weighted by molar-refractivity contribution is -0.131. The molecule has 9 nitrogen and oxygen atoms in total. The van der Waals surface area contributed by atoms with Crippen LogP contribution in [0.3, 0.4) is 0 Å². The normalized spacial score (nSPS) is 19.6. The van der Waals surface area contributed by atoms with Gasteiger partial charge in [0.15, 0.2) is 0 Å². The van der Waals surface area contributed by atoms with Crippen LogP contribution in [0.25, 0.3) is 0 Å². The van der Waals surface area contributed by atoms with Crippen LogP contribution in [0.5, 0.6) is 0 Å². The second-order valence-corrected chi connectivity index (χ2v) is 10.7. The van der Waals surface area contributed by atoms with E-state index >= 15 is 0 Å².